The van der Waals surface area contributed by atoms with Crippen LogP contribution in [0.2, 0.25) is 5.02 Å². The lowest BCUT2D eigenvalue weighted by Gasteiger charge is -2.36. The number of piperazine rings is 1. The summed E-state index contributed by atoms with van der Waals surface area (Å²) in [6.45, 7) is 3.28. The second-order valence-electron chi connectivity index (χ2n) is 6.13. The van der Waals surface area contributed by atoms with Gasteiger partial charge in [0.1, 0.15) is 12.4 Å². The number of benzene rings is 1. The Morgan fingerprint density at radius 1 is 1.16 bits per heavy atom. The molecule has 0 N–H and O–H groups in total. The maximum absolute atomic E-state index is 12.8. The van der Waals surface area contributed by atoms with Gasteiger partial charge in [0.2, 0.25) is 0 Å². The first-order chi connectivity index (χ1) is 12.2. The molecule has 3 heterocycles. The number of aromatic nitrogens is 1. The summed E-state index contributed by atoms with van der Waals surface area (Å²) in [6, 6.07) is 9.42. The average Bonchev–Trinajstić information content (AvgIpc) is 2.67. The lowest BCUT2D eigenvalue weighted by molar-refractivity contribution is -0.127. The number of nitrogens with zero attached hydrogens (tertiary/aromatic N) is 3. The van der Waals surface area contributed by atoms with Gasteiger partial charge in [-0.1, -0.05) is 11.6 Å². The first-order valence-corrected chi connectivity index (χ1v) is 8.66. The minimum Gasteiger partial charge on any atom is -0.488 e. The van der Waals surface area contributed by atoms with E-state index in [2.05, 4.69) is 9.88 Å². The highest BCUT2D eigenvalue weighted by Gasteiger charge is 2.26. The second-order valence-corrected chi connectivity index (χ2v) is 6.57. The SMILES string of the molecule is O=C(C1=Cc2cc(Cl)ccc2OC1)N1CCN(c2cccnc2)CC1. The van der Waals surface area contributed by atoms with Crippen molar-refractivity contribution in [2.24, 2.45) is 0 Å². The highest BCUT2D eigenvalue weighted by molar-refractivity contribution is 6.30. The molecule has 0 aliphatic carbocycles. The minimum absolute atomic E-state index is 0.0384. The Hall–Kier alpha value is -2.53. The topological polar surface area (TPSA) is 45.7 Å². The van der Waals surface area contributed by atoms with Crippen LogP contribution >= 0.6 is 11.6 Å². The van der Waals surface area contributed by atoms with Gasteiger partial charge in [0.05, 0.1) is 17.5 Å². The van der Waals surface area contributed by atoms with E-state index in [0.717, 1.165) is 30.1 Å². The molecular weight excluding hydrogens is 338 g/mol. The van der Waals surface area contributed by atoms with Crippen LogP contribution in [0, 0.1) is 0 Å². The molecule has 4 rings (SSSR count). The van der Waals surface area contributed by atoms with E-state index in [1.165, 1.54) is 0 Å². The van der Waals surface area contributed by atoms with Gasteiger partial charge >= 0.3 is 0 Å². The van der Waals surface area contributed by atoms with Crippen LogP contribution in [0.4, 0.5) is 5.69 Å². The van der Waals surface area contributed by atoms with E-state index in [1.54, 1.807) is 12.3 Å². The molecule has 25 heavy (non-hydrogen) atoms. The third-order valence-corrected chi connectivity index (χ3v) is 4.77. The van der Waals surface area contributed by atoms with Gasteiger partial charge in [-0.25, -0.2) is 0 Å². The van der Waals surface area contributed by atoms with Crippen molar-refractivity contribution < 1.29 is 9.53 Å². The number of fused-ring (bicyclic) bond motifs is 1. The van der Waals surface area contributed by atoms with E-state index in [9.17, 15) is 4.79 Å². The Morgan fingerprint density at radius 3 is 2.76 bits per heavy atom. The van der Waals surface area contributed by atoms with Crippen molar-refractivity contribution in [1.82, 2.24) is 9.88 Å². The van der Waals surface area contributed by atoms with Crippen LogP contribution in [0.25, 0.3) is 6.08 Å². The molecule has 2 aliphatic rings. The van der Waals surface area contributed by atoms with Gasteiger partial charge in [0, 0.05) is 43.0 Å². The molecule has 2 aromatic rings. The molecule has 1 fully saturated rings. The van der Waals surface area contributed by atoms with Crippen LogP contribution < -0.4 is 9.64 Å². The molecule has 2 aliphatic heterocycles. The number of ether oxygens (including phenoxy) is 1. The van der Waals surface area contributed by atoms with Crippen LogP contribution in [-0.4, -0.2) is 48.6 Å². The molecule has 6 heteroatoms. The van der Waals surface area contributed by atoms with Crippen molar-refractivity contribution in [3.63, 3.8) is 0 Å². The van der Waals surface area contributed by atoms with Gasteiger partial charge < -0.3 is 14.5 Å². The Balaban J connectivity index is 1.44. The molecule has 0 atom stereocenters. The van der Waals surface area contributed by atoms with E-state index in [-0.39, 0.29) is 5.91 Å². The summed E-state index contributed by atoms with van der Waals surface area (Å²) < 4.78 is 5.70. The van der Waals surface area contributed by atoms with Gasteiger partial charge in [-0.15, -0.1) is 0 Å². The number of pyridine rings is 1. The summed E-state index contributed by atoms with van der Waals surface area (Å²) >= 11 is 6.04. The standard InChI is InChI=1S/C19H18ClN3O2/c20-16-3-4-18-14(11-16)10-15(13-25-18)19(24)23-8-6-22(7-9-23)17-2-1-5-21-12-17/h1-5,10-12H,6-9,13H2. The van der Waals surface area contributed by atoms with Crippen LogP contribution in [0.15, 0.2) is 48.3 Å². The molecule has 128 valence electrons. The van der Waals surface area contributed by atoms with Crippen LogP contribution in [0.3, 0.4) is 0 Å². The van der Waals surface area contributed by atoms with Gasteiger partial charge in [0.25, 0.3) is 5.91 Å². The lowest BCUT2D eigenvalue weighted by Crippen LogP contribution is -2.49. The largest absolute Gasteiger partial charge is 0.488 e. The molecule has 0 bridgehead atoms. The van der Waals surface area contributed by atoms with Crippen molar-refractivity contribution in [2.45, 2.75) is 0 Å². The van der Waals surface area contributed by atoms with Gasteiger partial charge in [-0.3, -0.25) is 9.78 Å². The molecule has 0 spiro atoms. The Morgan fingerprint density at radius 2 is 2.00 bits per heavy atom. The summed E-state index contributed by atoms with van der Waals surface area (Å²) in [5.41, 5.74) is 2.62. The molecule has 0 unspecified atom stereocenters. The number of halogens is 1. The van der Waals surface area contributed by atoms with E-state index in [1.807, 2.05) is 41.4 Å². The van der Waals surface area contributed by atoms with Gasteiger partial charge in [-0.05, 0) is 36.4 Å². The van der Waals surface area contributed by atoms with Crippen molar-refractivity contribution in [3.8, 4) is 5.75 Å². The number of rotatable bonds is 2. The fourth-order valence-electron chi connectivity index (χ4n) is 3.18. The molecule has 1 amide bonds. The monoisotopic (exact) mass is 355 g/mol. The second kappa shape index (κ2) is 6.76. The smallest absolute Gasteiger partial charge is 0.253 e. The number of hydrogen-bond donors (Lipinski definition) is 0. The zero-order chi connectivity index (χ0) is 17.2. The number of anilines is 1. The molecule has 0 radical (unpaired) electrons. The van der Waals surface area contributed by atoms with Crippen LogP contribution in [0.1, 0.15) is 5.56 Å². The predicted octanol–water partition coefficient (Wildman–Crippen LogP) is 2.86. The first kappa shape index (κ1) is 16.0. The third-order valence-electron chi connectivity index (χ3n) is 4.54. The maximum Gasteiger partial charge on any atom is 0.253 e. The summed E-state index contributed by atoms with van der Waals surface area (Å²) in [6.07, 6.45) is 5.51. The lowest BCUT2D eigenvalue weighted by atomic mass is 10.1. The van der Waals surface area contributed by atoms with Crippen molar-refractivity contribution in [3.05, 3.63) is 58.9 Å². The van der Waals surface area contributed by atoms with Crippen molar-refractivity contribution >= 4 is 29.3 Å². The van der Waals surface area contributed by atoms with Gasteiger partial charge in [0.15, 0.2) is 0 Å². The molecule has 5 nitrogen and oxygen atoms in total. The molecular formula is C19H18ClN3O2. The quantitative estimate of drug-likeness (QED) is 0.831. The minimum atomic E-state index is 0.0384. The summed E-state index contributed by atoms with van der Waals surface area (Å²) in [5.74, 6) is 0.804. The van der Waals surface area contributed by atoms with E-state index < -0.39 is 0 Å². The highest BCUT2D eigenvalue weighted by Crippen LogP contribution is 2.29. The predicted molar refractivity (Wildman–Crippen MR) is 98.0 cm³/mol. The Bertz CT molecular complexity index is 815. The van der Waals surface area contributed by atoms with Crippen molar-refractivity contribution in [2.75, 3.05) is 37.7 Å². The molecule has 0 saturated carbocycles. The summed E-state index contributed by atoms with van der Waals surface area (Å²) in [5, 5.41) is 0.636. The normalized spacial score (nSPS) is 16.8. The van der Waals surface area contributed by atoms with Gasteiger partial charge in [-0.2, -0.15) is 0 Å². The zero-order valence-electron chi connectivity index (χ0n) is 13.7. The summed E-state index contributed by atoms with van der Waals surface area (Å²) in [4.78, 5) is 21.1. The average molecular weight is 356 g/mol. The molecule has 1 aromatic heterocycles. The number of amides is 1. The fourth-order valence-corrected chi connectivity index (χ4v) is 3.36. The Kier molecular flexibility index (Phi) is 4.32. The summed E-state index contributed by atoms with van der Waals surface area (Å²) in [7, 11) is 0. The Labute approximate surface area is 151 Å². The number of carbonyl (C=O) groups is 1. The molecule has 1 aromatic carbocycles. The van der Waals surface area contributed by atoms with E-state index >= 15 is 0 Å². The van der Waals surface area contributed by atoms with Crippen molar-refractivity contribution in [1.29, 1.82) is 0 Å². The van der Waals surface area contributed by atoms with E-state index in [4.69, 9.17) is 16.3 Å². The first-order valence-electron chi connectivity index (χ1n) is 8.28. The number of carbonyl (C=O) groups excluding carboxylic acids is 1. The molecule has 1 saturated heterocycles. The van der Waals surface area contributed by atoms with Crippen LogP contribution in [-0.2, 0) is 4.79 Å². The maximum atomic E-state index is 12.8. The van der Waals surface area contributed by atoms with E-state index in [0.29, 0.717) is 30.3 Å². The zero-order valence-corrected chi connectivity index (χ0v) is 14.4. The van der Waals surface area contributed by atoms with Crippen LogP contribution in [0.5, 0.6) is 5.75 Å². The third kappa shape index (κ3) is 3.33. The highest BCUT2D eigenvalue weighted by atomic mass is 35.5. The fraction of sp³-hybridized carbons (Fsp3) is 0.263. The number of hydrogen-bond acceptors (Lipinski definition) is 4.